The zero-order valence-corrected chi connectivity index (χ0v) is 29.1. The highest BCUT2D eigenvalue weighted by Gasteiger charge is 2.38. The smallest absolute Gasteiger partial charge is 0.414 e. The van der Waals surface area contributed by atoms with Crippen LogP contribution in [0.5, 0.6) is 0 Å². The molecule has 0 aromatic carbocycles. The number of piperidine rings is 1. The van der Waals surface area contributed by atoms with Gasteiger partial charge in [0.25, 0.3) is 5.91 Å². The number of aromatic nitrogens is 3. The van der Waals surface area contributed by atoms with Crippen molar-refractivity contribution in [2.45, 2.75) is 90.9 Å². The third-order valence-corrected chi connectivity index (χ3v) is 7.93. The fraction of sp³-hybridized carbons (Fsp3) is 0.529. The van der Waals surface area contributed by atoms with Gasteiger partial charge in [0.05, 0.1) is 23.8 Å². The number of carbonyl (C=O) groups is 3. The Morgan fingerprint density at radius 1 is 1.02 bits per heavy atom. The highest BCUT2D eigenvalue weighted by Crippen LogP contribution is 2.43. The summed E-state index contributed by atoms with van der Waals surface area (Å²) in [4.78, 5) is 50.6. The topological polar surface area (TPSA) is 165 Å². The summed E-state index contributed by atoms with van der Waals surface area (Å²) in [6, 6.07) is 1.65. The van der Waals surface area contributed by atoms with Gasteiger partial charge in [0.2, 0.25) is 5.88 Å². The molecule has 14 nitrogen and oxygen atoms in total. The van der Waals surface area contributed by atoms with Crippen LogP contribution in [0.25, 0.3) is 0 Å². The van der Waals surface area contributed by atoms with E-state index in [-0.39, 0.29) is 23.4 Å². The summed E-state index contributed by atoms with van der Waals surface area (Å²) in [6.45, 7) is 16.0. The summed E-state index contributed by atoms with van der Waals surface area (Å²) >= 11 is 0. The van der Waals surface area contributed by atoms with Crippen LogP contribution in [-0.2, 0) is 28.4 Å². The van der Waals surface area contributed by atoms with Gasteiger partial charge < -0.3 is 29.4 Å². The average Bonchev–Trinajstić information content (AvgIpc) is 3.54. The molecule has 14 heteroatoms. The number of nitrogens with zero attached hydrogens (tertiary/aromatic N) is 5. The number of hydrogen-bond acceptors (Lipinski definition) is 10. The minimum atomic E-state index is -0.776. The van der Waals surface area contributed by atoms with Crippen molar-refractivity contribution in [3.63, 3.8) is 0 Å². The van der Waals surface area contributed by atoms with Gasteiger partial charge in [0.1, 0.15) is 28.2 Å². The number of carbonyl (C=O) groups excluding carboxylic acids is 3. The third kappa shape index (κ3) is 8.15. The van der Waals surface area contributed by atoms with E-state index >= 15 is 0 Å². The number of anilines is 3. The van der Waals surface area contributed by atoms with Crippen LogP contribution in [0.2, 0.25) is 0 Å². The van der Waals surface area contributed by atoms with Crippen molar-refractivity contribution in [3.8, 4) is 0 Å². The van der Waals surface area contributed by atoms with Gasteiger partial charge in [-0.25, -0.2) is 9.59 Å². The molecule has 5 heterocycles. The van der Waals surface area contributed by atoms with Crippen LogP contribution in [0.15, 0.2) is 40.3 Å². The second kappa shape index (κ2) is 13.0. The SMILES string of the molecule is CC1CC(NC(=O)OC(C)(C)C)CN(c2ccncc2NC(=O)c2c(NC(=O)OC(C)(C)C)oc3c2N=CC(C)(c2cnn(C)c2)C3)C1. The van der Waals surface area contributed by atoms with Crippen LogP contribution >= 0.6 is 0 Å². The van der Waals surface area contributed by atoms with Crippen molar-refractivity contribution in [1.29, 1.82) is 0 Å². The number of amides is 3. The third-order valence-electron chi connectivity index (χ3n) is 7.93. The first kappa shape index (κ1) is 34.5. The predicted molar refractivity (Wildman–Crippen MR) is 182 cm³/mol. The maximum Gasteiger partial charge on any atom is 0.414 e. The van der Waals surface area contributed by atoms with Gasteiger partial charge in [-0.2, -0.15) is 5.10 Å². The minimum absolute atomic E-state index is 0.0617. The van der Waals surface area contributed by atoms with E-state index in [2.05, 4.69) is 37.9 Å². The highest BCUT2D eigenvalue weighted by molar-refractivity contribution is 6.14. The summed E-state index contributed by atoms with van der Waals surface area (Å²) in [5.41, 5.74) is 0.545. The van der Waals surface area contributed by atoms with Crippen LogP contribution in [0.1, 0.15) is 83.5 Å². The first-order chi connectivity index (χ1) is 22.4. The summed E-state index contributed by atoms with van der Waals surface area (Å²) in [7, 11) is 1.84. The lowest BCUT2D eigenvalue weighted by Gasteiger charge is -2.39. The number of hydrogen-bond donors (Lipinski definition) is 3. The monoisotopic (exact) mass is 662 g/mol. The molecule has 3 atom stereocenters. The molecule has 0 radical (unpaired) electrons. The number of nitrogens with one attached hydrogen (secondary N) is 3. The maximum absolute atomic E-state index is 14.1. The number of pyridine rings is 1. The Hall–Kier alpha value is -4.88. The average molecular weight is 663 g/mol. The molecular formula is C34H46N8O6. The van der Waals surface area contributed by atoms with Gasteiger partial charge >= 0.3 is 12.2 Å². The number of aliphatic imine (C=N–C) groups is 1. The lowest BCUT2D eigenvalue weighted by Crippen LogP contribution is -2.51. The normalized spacial score (nSPS) is 20.9. The van der Waals surface area contributed by atoms with Crippen molar-refractivity contribution in [3.05, 3.63) is 47.7 Å². The number of aryl methyl sites for hydroxylation is 1. The molecule has 1 fully saturated rings. The Morgan fingerprint density at radius 3 is 2.40 bits per heavy atom. The molecular weight excluding hydrogens is 616 g/mol. The highest BCUT2D eigenvalue weighted by atomic mass is 16.6. The van der Waals surface area contributed by atoms with Crippen molar-refractivity contribution in [2.24, 2.45) is 18.0 Å². The molecule has 3 N–H and O–H groups in total. The molecule has 0 aliphatic carbocycles. The Labute approximate surface area is 280 Å². The fourth-order valence-corrected chi connectivity index (χ4v) is 5.97. The molecule has 2 aliphatic rings. The van der Waals surface area contributed by atoms with Crippen LogP contribution in [0.3, 0.4) is 0 Å². The maximum atomic E-state index is 14.1. The molecule has 0 saturated carbocycles. The molecule has 1 saturated heterocycles. The molecule has 3 aromatic rings. The number of rotatable bonds is 6. The van der Waals surface area contributed by atoms with E-state index < -0.39 is 34.7 Å². The van der Waals surface area contributed by atoms with Gasteiger partial charge in [-0.15, -0.1) is 0 Å². The van der Waals surface area contributed by atoms with Crippen LogP contribution in [-0.4, -0.2) is 69.4 Å². The molecule has 3 amide bonds. The van der Waals surface area contributed by atoms with E-state index in [9.17, 15) is 14.4 Å². The second-order valence-corrected chi connectivity index (χ2v) is 14.9. The van der Waals surface area contributed by atoms with E-state index in [1.807, 2.05) is 47.0 Å². The first-order valence-electron chi connectivity index (χ1n) is 16.1. The summed E-state index contributed by atoms with van der Waals surface area (Å²) in [5, 5.41) is 12.9. The van der Waals surface area contributed by atoms with Gasteiger partial charge in [0.15, 0.2) is 0 Å². The van der Waals surface area contributed by atoms with Gasteiger partial charge in [-0.3, -0.25) is 24.8 Å². The van der Waals surface area contributed by atoms with Crippen LogP contribution in [0, 0.1) is 5.92 Å². The second-order valence-electron chi connectivity index (χ2n) is 14.9. The Bertz CT molecular complexity index is 1710. The van der Waals surface area contributed by atoms with E-state index in [4.69, 9.17) is 18.9 Å². The van der Waals surface area contributed by atoms with Crippen molar-refractivity contribution < 1.29 is 28.3 Å². The van der Waals surface area contributed by atoms with Crippen LogP contribution in [0.4, 0.5) is 32.5 Å². The largest absolute Gasteiger partial charge is 0.444 e. The number of fused-ring (bicyclic) bond motifs is 1. The minimum Gasteiger partial charge on any atom is -0.444 e. The molecule has 3 unspecified atom stereocenters. The number of alkyl carbamates (subject to hydrolysis) is 1. The quantitative estimate of drug-likeness (QED) is 0.289. The van der Waals surface area contributed by atoms with Gasteiger partial charge in [-0.1, -0.05) is 6.92 Å². The first-order valence-corrected chi connectivity index (χ1v) is 16.1. The molecule has 2 aliphatic heterocycles. The Kier molecular flexibility index (Phi) is 9.31. The molecule has 48 heavy (non-hydrogen) atoms. The van der Waals surface area contributed by atoms with E-state index in [0.717, 1.165) is 17.7 Å². The molecule has 258 valence electrons. The van der Waals surface area contributed by atoms with E-state index in [0.29, 0.717) is 36.6 Å². The lowest BCUT2D eigenvalue weighted by molar-refractivity contribution is 0.0494. The zero-order valence-electron chi connectivity index (χ0n) is 29.1. The van der Waals surface area contributed by atoms with Gasteiger partial charge in [0, 0.05) is 62.2 Å². The Balaban J connectivity index is 1.43. The lowest BCUT2D eigenvalue weighted by atomic mass is 9.80. The van der Waals surface area contributed by atoms with Crippen LogP contribution < -0.4 is 20.9 Å². The summed E-state index contributed by atoms with van der Waals surface area (Å²) < 4.78 is 18.8. The Morgan fingerprint density at radius 2 is 1.73 bits per heavy atom. The molecule has 0 spiro atoms. The molecule has 5 rings (SSSR count). The molecule has 3 aromatic heterocycles. The molecule has 0 bridgehead atoms. The summed E-state index contributed by atoms with van der Waals surface area (Å²) in [5.74, 6) is 0.0608. The van der Waals surface area contributed by atoms with E-state index in [1.54, 1.807) is 50.3 Å². The standard InChI is InChI=1S/C34H46N8O6/c1-20-12-22(38-30(44)47-32(2,3)4)18-42(16-20)24-10-11-35-15-23(24)39-28(43)26-27-25(46-29(26)40-31(45)48-33(5,6)7)13-34(8,19-36-27)21-14-37-41(9)17-21/h10-11,14-15,17,19-20,22H,12-13,16,18H2,1-9H3,(H,38,44)(H,39,43)(H,40,45). The number of furan rings is 1. The van der Waals surface area contributed by atoms with Crippen molar-refractivity contribution in [2.75, 3.05) is 28.6 Å². The van der Waals surface area contributed by atoms with Crippen molar-refractivity contribution in [1.82, 2.24) is 20.1 Å². The zero-order chi connectivity index (χ0) is 35.0. The van der Waals surface area contributed by atoms with E-state index in [1.165, 1.54) is 0 Å². The predicted octanol–water partition coefficient (Wildman–Crippen LogP) is 5.96. The van der Waals surface area contributed by atoms with Gasteiger partial charge in [-0.05, 0) is 66.9 Å². The number of ether oxygens (including phenoxy) is 2. The van der Waals surface area contributed by atoms with Crippen molar-refractivity contribution >= 4 is 47.3 Å². The fourth-order valence-electron chi connectivity index (χ4n) is 5.97. The summed E-state index contributed by atoms with van der Waals surface area (Å²) in [6.07, 6.45) is 8.59.